The standard InChI is InChI=1S/C9H15FN2/c1-7-11(2)9-4-3-8(5-10)12(7)6-9/h8-9H,1,3-6H2,2H3/t8-,9?/m0/s1. The van der Waals surface area contributed by atoms with Crippen molar-refractivity contribution in [2.75, 3.05) is 20.3 Å². The summed E-state index contributed by atoms with van der Waals surface area (Å²) in [4.78, 5) is 4.28. The van der Waals surface area contributed by atoms with E-state index in [2.05, 4.69) is 16.4 Å². The molecule has 0 radical (unpaired) electrons. The van der Waals surface area contributed by atoms with Crippen LogP contribution in [0.5, 0.6) is 0 Å². The number of alkyl halides is 1. The van der Waals surface area contributed by atoms with Crippen LogP contribution in [0.2, 0.25) is 0 Å². The van der Waals surface area contributed by atoms with Crippen molar-refractivity contribution in [1.29, 1.82) is 0 Å². The number of piperidine rings is 1. The molecule has 0 spiro atoms. The SMILES string of the molecule is C=C1N(C)C2CC[C@@H](CF)N1C2. The van der Waals surface area contributed by atoms with Gasteiger partial charge in [0, 0.05) is 19.6 Å². The van der Waals surface area contributed by atoms with Crippen molar-refractivity contribution < 1.29 is 4.39 Å². The summed E-state index contributed by atoms with van der Waals surface area (Å²) in [6.07, 6.45) is 2.09. The molecular formula is C9H15FN2. The second-order valence-corrected chi connectivity index (χ2v) is 3.72. The topological polar surface area (TPSA) is 6.48 Å². The van der Waals surface area contributed by atoms with Gasteiger partial charge >= 0.3 is 0 Å². The van der Waals surface area contributed by atoms with Gasteiger partial charge in [-0.1, -0.05) is 6.58 Å². The van der Waals surface area contributed by atoms with Crippen molar-refractivity contribution in [1.82, 2.24) is 9.80 Å². The molecule has 2 saturated heterocycles. The van der Waals surface area contributed by atoms with Gasteiger partial charge in [0.2, 0.25) is 0 Å². The molecule has 2 rings (SSSR count). The summed E-state index contributed by atoms with van der Waals surface area (Å²) >= 11 is 0. The first kappa shape index (κ1) is 7.90. The molecule has 2 heterocycles. The number of halogens is 1. The Bertz CT molecular complexity index is 205. The lowest BCUT2D eigenvalue weighted by Crippen LogP contribution is -2.39. The second-order valence-electron chi connectivity index (χ2n) is 3.72. The van der Waals surface area contributed by atoms with Crippen LogP contribution in [0.4, 0.5) is 4.39 Å². The Balaban J connectivity index is 2.17. The fraction of sp³-hybridized carbons (Fsp3) is 0.778. The molecule has 2 nitrogen and oxygen atoms in total. The largest absolute Gasteiger partial charge is 0.357 e. The van der Waals surface area contributed by atoms with E-state index in [9.17, 15) is 4.39 Å². The van der Waals surface area contributed by atoms with Crippen LogP contribution in [0, 0.1) is 0 Å². The lowest BCUT2D eigenvalue weighted by molar-refractivity contribution is 0.187. The molecule has 3 heteroatoms. The molecule has 0 aromatic carbocycles. The molecule has 68 valence electrons. The lowest BCUT2D eigenvalue weighted by Gasteiger charge is -2.30. The van der Waals surface area contributed by atoms with Crippen molar-refractivity contribution in [3.05, 3.63) is 12.4 Å². The van der Waals surface area contributed by atoms with Crippen LogP contribution in [0.1, 0.15) is 12.8 Å². The smallest absolute Gasteiger partial charge is 0.110 e. The van der Waals surface area contributed by atoms with Crippen LogP contribution >= 0.6 is 0 Å². The van der Waals surface area contributed by atoms with Crippen molar-refractivity contribution in [3.8, 4) is 0 Å². The average molecular weight is 170 g/mol. The van der Waals surface area contributed by atoms with E-state index in [0.29, 0.717) is 6.04 Å². The quantitative estimate of drug-likeness (QED) is 0.583. The number of nitrogens with zero attached hydrogens (tertiary/aromatic N) is 2. The van der Waals surface area contributed by atoms with E-state index in [1.807, 2.05) is 7.05 Å². The van der Waals surface area contributed by atoms with E-state index in [4.69, 9.17) is 0 Å². The zero-order valence-electron chi connectivity index (χ0n) is 7.46. The number of likely N-dealkylation sites (N-methyl/N-ethyl adjacent to an activating group) is 1. The van der Waals surface area contributed by atoms with Gasteiger partial charge in [-0.2, -0.15) is 0 Å². The first-order valence-electron chi connectivity index (χ1n) is 4.48. The van der Waals surface area contributed by atoms with E-state index >= 15 is 0 Å². The third-order valence-corrected chi connectivity index (χ3v) is 3.15. The number of rotatable bonds is 1. The number of fused-ring (bicyclic) bond motifs is 2. The maximum Gasteiger partial charge on any atom is 0.110 e. The molecule has 2 atom stereocenters. The fourth-order valence-corrected chi connectivity index (χ4v) is 2.21. The van der Waals surface area contributed by atoms with Crippen molar-refractivity contribution in [3.63, 3.8) is 0 Å². The summed E-state index contributed by atoms with van der Waals surface area (Å²) in [5.41, 5.74) is 0. The fourth-order valence-electron chi connectivity index (χ4n) is 2.21. The Morgan fingerprint density at radius 3 is 3.00 bits per heavy atom. The van der Waals surface area contributed by atoms with Gasteiger partial charge in [0.1, 0.15) is 6.67 Å². The summed E-state index contributed by atoms with van der Waals surface area (Å²) < 4.78 is 12.5. The average Bonchev–Trinajstić information content (AvgIpc) is 2.33. The minimum Gasteiger partial charge on any atom is -0.357 e. The molecule has 0 aliphatic carbocycles. The summed E-state index contributed by atoms with van der Waals surface area (Å²) in [6.45, 7) is 4.70. The molecule has 0 amide bonds. The third kappa shape index (κ3) is 0.919. The van der Waals surface area contributed by atoms with Crippen molar-refractivity contribution >= 4 is 0 Å². The van der Waals surface area contributed by atoms with Gasteiger partial charge in [0.15, 0.2) is 0 Å². The van der Waals surface area contributed by atoms with Gasteiger partial charge in [-0.25, -0.2) is 4.39 Å². The molecule has 0 aromatic rings. The van der Waals surface area contributed by atoms with Gasteiger partial charge in [-0.15, -0.1) is 0 Å². The molecule has 2 aliphatic heterocycles. The summed E-state index contributed by atoms with van der Waals surface area (Å²) in [5, 5.41) is 0. The predicted molar refractivity (Wildman–Crippen MR) is 46.4 cm³/mol. The monoisotopic (exact) mass is 170 g/mol. The minimum atomic E-state index is -0.237. The van der Waals surface area contributed by atoms with E-state index in [1.54, 1.807) is 0 Å². The highest BCUT2D eigenvalue weighted by molar-refractivity contribution is 5.08. The second kappa shape index (κ2) is 2.64. The minimum absolute atomic E-state index is 0.0960. The summed E-state index contributed by atoms with van der Waals surface area (Å²) in [7, 11) is 2.05. The molecular weight excluding hydrogens is 155 g/mol. The predicted octanol–water partition coefficient (Wildman–Crippen LogP) is 1.21. The van der Waals surface area contributed by atoms with E-state index in [0.717, 1.165) is 25.2 Å². The van der Waals surface area contributed by atoms with Gasteiger partial charge in [-0.3, -0.25) is 0 Å². The Hall–Kier alpha value is -0.730. The van der Waals surface area contributed by atoms with E-state index in [-0.39, 0.29) is 12.7 Å². The van der Waals surface area contributed by atoms with Crippen LogP contribution < -0.4 is 0 Å². The molecule has 2 fully saturated rings. The van der Waals surface area contributed by atoms with Crippen molar-refractivity contribution in [2.45, 2.75) is 24.9 Å². The highest BCUT2D eigenvalue weighted by Gasteiger charge is 2.38. The normalized spacial score (nSPS) is 34.7. The maximum atomic E-state index is 12.5. The first-order valence-corrected chi connectivity index (χ1v) is 4.48. The summed E-state index contributed by atoms with van der Waals surface area (Å²) in [5.74, 6) is 1.00. The molecule has 0 saturated carbocycles. The van der Waals surface area contributed by atoms with Crippen LogP contribution in [-0.4, -0.2) is 42.2 Å². The number of hydrogen-bond donors (Lipinski definition) is 0. The molecule has 2 bridgehead atoms. The Kier molecular flexibility index (Phi) is 1.74. The highest BCUT2D eigenvalue weighted by atomic mass is 19.1. The maximum absolute atomic E-state index is 12.5. The zero-order valence-corrected chi connectivity index (χ0v) is 7.46. The van der Waals surface area contributed by atoms with Gasteiger partial charge < -0.3 is 9.80 Å². The van der Waals surface area contributed by atoms with Crippen LogP contribution in [0.15, 0.2) is 12.4 Å². The first-order chi connectivity index (χ1) is 5.74. The van der Waals surface area contributed by atoms with Gasteiger partial charge in [-0.05, 0) is 12.8 Å². The van der Waals surface area contributed by atoms with Crippen LogP contribution in [0.25, 0.3) is 0 Å². The Morgan fingerprint density at radius 2 is 2.33 bits per heavy atom. The van der Waals surface area contributed by atoms with Gasteiger partial charge in [0.25, 0.3) is 0 Å². The third-order valence-electron chi connectivity index (χ3n) is 3.15. The summed E-state index contributed by atoms with van der Waals surface area (Å²) in [6, 6.07) is 0.680. The number of hydrogen-bond acceptors (Lipinski definition) is 2. The van der Waals surface area contributed by atoms with E-state index in [1.165, 1.54) is 0 Å². The van der Waals surface area contributed by atoms with E-state index < -0.39 is 0 Å². The molecule has 0 aromatic heterocycles. The molecule has 12 heavy (non-hydrogen) atoms. The molecule has 2 aliphatic rings. The Morgan fingerprint density at radius 1 is 1.58 bits per heavy atom. The molecule has 0 N–H and O–H groups in total. The zero-order chi connectivity index (χ0) is 8.72. The molecule has 1 unspecified atom stereocenters. The highest BCUT2D eigenvalue weighted by Crippen LogP contribution is 2.32. The Labute approximate surface area is 72.6 Å². The van der Waals surface area contributed by atoms with Crippen molar-refractivity contribution in [2.24, 2.45) is 0 Å². The van der Waals surface area contributed by atoms with Gasteiger partial charge in [0.05, 0.1) is 11.9 Å². The van der Waals surface area contributed by atoms with Crippen LogP contribution in [0.3, 0.4) is 0 Å². The lowest BCUT2D eigenvalue weighted by atomic mass is 10.0. The van der Waals surface area contributed by atoms with Crippen LogP contribution in [-0.2, 0) is 0 Å².